The maximum atomic E-state index is 12.5. The van der Waals surface area contributed by atoms with Crippen LogP contribution in [0.1, 0.15) is 45.0 Å². The lowest BCUT2D eigenvalue weighted by atomic mass is 10.2. The molecule has 0 unspecified atom stereocenters. The van der Waals surface area contributed by atoms with Gasteiger partial charge in [0.15, 0.2) is 11.2 Å². The molecule has 0 saturated carbocycles. The van der Waals surface area contributed by atoms with Crippen LogP contribution in [0.4, 0.5) is 0 Å². The first kappa shape index (κ1) is 21.8. The van der Waals surface area contributed by atoms with E-state index >= 15 is 0 Å². The smallest absolute Gasteiger partial charge is 0.330 e. The van der Waals surface area contributed by atoms with Crippen molar-refractivity contribution in [2.75, 3.05) is 13.7 Å². The largest absolute Gasteiger partial charge is 0.494 e. The molecule has 1 aromatic carbocycles. The highest BCUT2D eigenvalue weighted by Gasteiger charge is 2.18. The van der Waals surface area contributed by atoms with Crippen LogP contribution in [0.25, 0.3) is 11.2 Å². The van der Waals surface area contributed by atoms with Crippen LogP contribution in [0.15, 0.2) is 33.9 Å². The molecule has 0 atom stereocenters. The Bertz CT molecular complexity index is 1090. The van der Waals surface area contributed by atoms with Crippen molar-refractivity contribution in [3.05, 3.63) is 56.5 Å². The zero-order chi connectivity index (χ0) is 21.7. The van der Waals surface area contributed by atoms with Gasteiger partial charge in [-0.2, -0.15) is 0 Å². The molecule has 2 heterocycles. The molecule has 162 valence electrons. The number of fused-ring (bicyclic) bond motifs is 1. The zero-order valence-corrected chi connectivity index (χ0v) is 18.3. The van der Waals surface area contributed by atoms with E-state index in [1.54, 1.807) is 4.57 Å². The van der Waals surface area contributed by atoms with E-state index in [9.17, 15) is 9.59 Å². The van der Waals surface area contributed by atoms with Crippen LogP contribution in [0.5, 0.6) is 5.75 Å². The van der Waals surface area contributed by atoms with E-state index in [0.29, 0.717) is 37.4 Å². The maximum Gasteiger partial charge on any atom is 0.330 e. The molecule has 3 aromatic rings. The minimum Gasteiger partial charge on any atom is -0.494 e. The third kappa shape index (κ3) is 4.64. The van der Waals surface area contributed by atoms with Crippen molar-refractivity contribution in [1.82, 2.24) is 24.0 Å². The van der Waals surface area contributed by atoms with Gasteiger partial charge in [0.1, 0.15) is 11.6 Å². The number of hydrogen-bond acceptors (Lipinski definition) is 5. The lowest BCUT2D eigenvalue weighted by Gasteiger charge is -2.17. The van der Waals surface area contributed by atoms with Crippen LogP contribution in [-0.4, -0.2) is 37.7 Å². The Hall–Kier alpha value is -2.87. The van der Waals surface area contributed by atoms with Gasteiger partial charge in [0, 0.05) is 19.6 Å². The van der Waals surface area contributed by atoms with Crippen molar-refractivity contribution in [3.63, 3.8) is 0 Å². The fourth-order valence-electron chi connectivity index (χ4n) is 3.67. The van der Waals surface area contributed by atoms with Crippen molar-refractivity contribution in [1.29, 1.82) is 0 Å². The predicted molar refractivity (Wildman–Crippen MR) is 118 cm³/mol. The molecule has 0 fully saturated rings. The van der Waals surface area contributed by atoms with Crippen LogP contribution in [0.3, 0.4) is 0 Å². The average Bonchev–Trinajstić information content (AvgIpc) is 3.07. The van der Waals surface area contributed by atoms with Gasteiger partial charge in [0.05, 0.1) is 13.2 Å². The normalized spacial score (nSPS) is 11.5. The minimum atomic E-state index is -0.393. The minimum absolute atomic E-state index is 0.377. The number of hydrogen-bond donors (Lipinski definition) is 1. The summed E-state index contributed by atoms with van der Waals surface area (Å²) in [6.07, 6.45) is 1.81. The molecule has 8 nitrogen and oxygen atoms in total. The molecule has 30 heavy (non-hydrogen) atoms. The third-order valence-electron chi connectivity index (χ3n) is 5.11. The highest BCUT2D eigenvalue weighted by Crippen LogP contribution is 2.16. The van der Waals surface area contributed by atoms with Crippen molar-refractivity contribution < 1.29 is 4.74 Å². The number of aromatic amines is 1. The first-order valence-corrected chi connectivity index (χ1v) is 10.6. The summed E-state index contributed by atoms with van der Waals surface area (Å²) in [6, 6.07) is 8.05. The van der Waals surface area contributed by atoms with Gasteiger partial charge < -0.3 is 9.30 Å². The summed E-state index contributed by atoms with van der Waals surface area (Å²) < 4.78 is 8.99. The topological polar surface area (TPSA) is 85.2 Å². The molecule has 0 spiro atoms. The van der Waals surface area contributed by atoms with E-state index in [-0.39, 0.29) is 5.56 Å². The van der Waals surface area contributed by atoms with Crippen LogP contribution >= 0.6 is 0 Å². The Morgan fingerprint density at radius 2 is 1.80 bits per heavy atom. The first-order valence-electron chi connectivity index (χ1n) is 10.6. The van der Waals surface area contributed by atoms with E-state index in [1.165, 1.54) is 0 Å². The highest BCUT2D eigenvalue weighted by molar-refractivity contribution is 5.71. The number of nitrogens with zero attached hydrogens (tertiary/aromatic N) is 4. The molecule has 0 aliphatic rings. The zero-order valence-electron chi connectivity index (χ0n) is 18.3. The highest BCUT2D eigenvalue weighted by atomic mass is 16.5. The Kier molecular flexibility index (Phi) is 7.10. The van der Waals surface area contributed by atoms with Crippen molar-refractivity contribution in [2.45, 2.75) is 59.8 Å². The van der Waals surface area contributed by atoms with Gasteiger partial charge >= 0.3 is 5.69 Å². The molecule has 0 saturated heterocycles. The summed E-state index contributed by atoms with van der Waals surface area (Å²) >= 11 is 0. The molecule has 0 bridgehead atoms. The summed E-state index contributed by atoms with van der Waals surface area (Å²) in [4.78, 5) is 34.2. The van der Waals surface area contributed by atoms with Crippen LogP contribution in [0.2, 0.25) is 0 Å². The van der Waals surface area contributed by atoms with Gasteiger partial charge in [-0.25, -0.2) is 9.78 Å². The summed E-state index contributed by atoms with van der Waals surface area (Å²) in [6.45, 7) is 9.12. The summed E-state index contributed by atoms with van der Waals surface area (Å²) in [5.41, 5.74) is 1.34. The number of unbranched alkanes of at least 4 members (excludes halogenated alkanes) is 1. The number of imidazole rings is 1. The number of rotatable bonds is 10. The summed E-state index contributed by atoms with van der Waals surface area (Å²) in [7, 11) is 2.02. The summed E-state index contributed by atoms with van der Waals surface area (Å²) in [5, 5.41) is 0. The Labute approximate surface area is 176 Å². The number of aryl methyl sites for hydroxylation is 2. The molecule has 0 amide bonds. The molecule has 2 aromatic heterocycles. The van der Waals surface area contributed by atoms with Crippen molar-refractivity contribution in [2.24, 2.45) is 0 Å². The van der Waals surface area contributed by atoms with E-state index in [2.05, 4.69) is 28.9 Å². The second kappa shape index (κ2) is 9.75. The number of ether oxygens (including phenoxy) is 1. The number of aromatic nitrogens is 4. The monoisotopic (exact) mass is 413 g/mol. The average molecular weight is 414 g/mol. The predicted octanol–water partition coefficient (Wildman–Crippen LogP) is 2.74. The van der Waals surface area contributed by atoms with Gasteiger partial charge in [-0.1, -0.05) is 25.5 Å². The molecular formula is C22H31N5O3. The standard InChI is InChI=1S/C22H31N5O3/c1-5-8-13-27-20-19(21(28)24-22(27)29)26(6-2)18(23-20)15-25(4)14-16-9-11-17(12-10-16)30-7-3/h9-12H,5-8,13-15H2,1-4H3,(H,24,28,29). The fourth-order valence-corrected chi connectivity index (χ4v) is 3.67. The quantitative estimate of drug-likeness (QED) is 0.552. The Morgan fingerprint density at radius 1 is 1.07 bits per heavy atom. The van der Waals surface area contributed by atoms with Gasteiger partial charge in [0.25, 0.3) is 5.56 Å². The van der Waals surface area contributed by atoms with Crippen molar-refractivity contribution in [3.8, 4) is 5.75 Å². The molecule has 0 aliphatic heterocycles. The van der Waals surface area contributed by atoms with Gasteiger partial charge in [0.2, 0.25) is 0 Å². The SMILES string of the molecule is CCCCn1c(=O)[nH]c(=O)c2c1nc(CN(C)Cc1ccc(OCC)cc1)n2CC. The number of H-pyrrole nitrogens is 1. The molecular weight excluding hydrogens is 382 g/mol. The molecule has 0 aliphatic carbocycles. The van der Waals surface area contributed by atoms with Crippen LogP contribution in [0, 0.1) is 0 Å². The fraction of sp³-hybridized carbons (Fsp3) is 0.500. The summed E-state index contributed by atoms with van der Waals surface area (Å²) in [5.74, 6) is 1.64. The van der Waals surface area contributed by atoms with E-state index in [0.717, 1.165) is 36.5 Å². The molecule has 8 heteroatoms. The van der Waals surface area contributed by atoms with Crippen LogP contribution in [-0.2, 0) is 26.2 Å². The second-order valence-corrected chi connectivity index (χ2v) is 7.46. The Balaban J connectivity index is 1.88. The van der Waals surface area contributed by atoms with E-state index < -0.39 is 5.69 Å². The number of benzene rings is 1. The van der Waals surface area contributed by atoms with Crippen LogP contribution < -0.4 is 16.0 Å². The van der Waals surface area contributed by atoms with E-state index in [4.69, 9.17) is 9.72 Å². The number of nitrogens with one attached hydrogen (secondary N) is 1. The lowest BCUT2D eigenvalue weighted by molar-refractivity contribution is 0.305. The van der Waals surface area contributed by atoms with Gasteiger partial charge in [-0.05, 0) is 45.0 Å². The Morgan fingerprint density at radius 3 is 2.43 bits per heavy atom. The van der Waals surface area contributed by atoms with Gasteiger partial charge in [-0.15, -0.1) is 0 Å². The second-order valence-electron chi connectivity index (χ2n) is 7.46. The lowest BCUT2D eigenvalue weighted by Crippen LogP contribution is -2.31. The third-order valence-corrected chi connectivity index (χ3v) is 5.11. The van der Waals surface area contributed by atoms with Gasteiger partial charge in [-0.3, -0.25) is 19.2 Å². The molecule has 3 rings (SSSR count). The molecule has 0 radical (unpaired) electrons. The first-order chi connectivity index (χ1) is 14.5. The van der Waals surface area contributed by atoms with E-state index in [1.807, 2.05) is 37.6 Å². The maximum absolute atomic E-state index is 12.5. The molecule has 1 N–H and O–H groups in total. The van der Waals surface area contributed by atoms with Crippen molar-refractivity contribution >= 4 is 11.2 Å².